The van der Waals surface area contributed by atoms with Gasteiger partial charge < -0.3 is 18.9 Å². The van der Waals surface area contributed by atoms with E-state index >= 15 is 0 Å². The van der Waals surface area contributed by atoms with Crippen LogP contribution in [-0.4, -0.2) is 38.2 Å². The van der Waals surface area contributed by atoms with Crippen LogP contribution >= 0.6 is 0 Å². The van der Waals surface area contributed by atoms with Gasteiger partial charge in [-0.05, 0) is 49.4 Å². The number of carbonyl (C=O) groups excluding carboxylic acids is 2. The Bertz CT molecular complexity index is 781. The van der Waals surface area contributed by atoms with Gasteiger partial charge in [-0.1, -0.05) is 0 Å². The Morgan fingerprint density at radius 2 is 1.65 bits per heavy atom. The standard InChI is InChI=1S/C20H20O6/c1-2-23-16-7-4-14(5-8-16)20(22)26-13-17(21)15-6-9-18-19(12-15)25-11-3-10-24-18/h4-9,12H,2-3,10-11,13H2,1H3. The van der Waals surface area contributed by atoms with Gasteiger partial charge in [-0.2, -0.15) is 0 Å². The Morgan fingerprint density at radius 1 is 0.962 bits per heavy atom. The molecule has 0 radical (unpaired) electrons. The molecule has 0 N–H and O–H groups in total. The number of ketones is 1. The second-order valence-corrected chi connectivity index (χ2v) is 5.67. The highest BCUT2D eigenvalue weighted by Crippen LogP contribution is 2.30. The maximum absolute atomic E-state index is 12.3. The topological polar surface area (TPSA) is 71.1 Å². The summed E-state index contributed by atoms with van der Waals surface area (Å²) in [4.78, 5) is 24.4. The lowest BCUT2D eigenvalue weighted by molar-refractivity contribution is 0.0474. The van der Waals surface area contributed by atoms with Gasteiger partial charge >= 0.3 is 5.97 Å². The zero-order valence-electron chi connectivity index (χ0n) is 14.5. The molecule has 0 saturated heterocycles. The molecule has 2 aromatic carbocycles. The molecule has 0 fully saturated rings. The Hall–Kier alpha value is -3.02. The summed E-state index contributed by atoms with van der Waals surface area (Å²) in [6, 6.07) is 11.5. The van der Waals surface area contributed by atoms with E-state index < -0.39 is 5.97 Å². The number of carbonyl (C=O) groups is 2. The fraction of sp³-hybridized carbons (Fsp3) is 0.300. The number of fused-ring (bicyclic) bond motifs is 1. The highest BCUT2D eigenvalue weighted by Gasteiger charge is 2.16. The minimum absolute atomic E-state index is 0.306. The molecule has 0 saturated carbocycles. The van der Waals surface area contributed by atoms with Crippen molar-refractivity contribution in [2.45, 2.75) is 13.3 Å². The predicted molar refractivity (Wildman–Crippen MR) is 94.3 cm³/mol. The number of hydrogen-bond donors (Lipinski definition) is 0. The first-order chi connectivity index (χ1) is 12.7. The van der Waals surface area contributed by atoms with Crippen molar-refractivity contribution in [1.29, 1.82) is 0 Å². The largest absolute Gasteiger partial charge is 0.494 e. The summed E-state index contributed by atoms with van der Waals surface area (Å²) >= 11 is 0. The van der Waals surface area contributed by atoms with E-state index in [1.165, 1.54) is 0 Å². The van der Waals surface area contributed by atoms with Crippen LogP contribution in [-0.2, 0) is 4.74 Å². The predicted octanol–water partition coefficient (Wildman–Crippen LogP) is 3.29. The summed E-state index contributed by atoms with van der Waals surface area (Å²) in [5.41, 5.74) is 0.772. The van der Waals surface area contributed by atoms with Gasteiger partial charge in [0.05, 0.1) is 25.4 Å². The van der Waals surface area contributed by atoms with E-state index in [2.05, 4.69) is 0 Å². The van der Waals surface area contributed by atoms with E-state index in [4.69, 9.17) is 18.9 Å². The van der Waals surface area contributed by atoms with Gasteiger partial charge in [-0.3, -0.25) is 4.79 Å². The number of Topliss-reactive ketones (excluding diaryl/α,β-unsaturated/α-hetero) is 1. The van der Waals surface area contributed by atoms with E-state index in [0.29, 0.717) is 48.2 Å². The number of esters is 1. The van der Waals surface area contributed by atoms with Gasteiger partial charge in [0.15, 0.2) is 23.9 Å². The van der Waals surface area contributed by atoms with Gasteiger partial charge in [0.1, 0.15) is 5.75 Å². The summed E-state index contributed by atoms with van der Waals surface area (Å²) in [7, 11) is 0. The molecule has 0 spiro atoms. The highest BCUT2D eigenvalue weighted by molar-refractivity contribution is 5.99. The first kappa shape index (κ1) is 17.8. The number of ether oxygens (including phenoxy) is 4. The van der Waals surface area contributed by atoms with E-state index in [1.54, 1.807) is 42.5 Å². The molecule has 6 nitrogen and oxygen atoms in total. The van der Waals surface area contributed by atoms with Crippen molar-refractivity contribution in [2.24, 2.45) is 0 Å². The Labute approximate surface area is 151 Å². The van der Waals surface area contributed by atoms with Crippen molar-refractivity contribution >= 4 is 11.8 Å². The summed E-state index contributed by atoms with van der Waals surface area (Å²) in [6.07, 6.45) is 0.789. The van der Waals surface area contributed by atoms with E-state index in [0.717, 1.165) is 6.42 Å². The molecule has 0 unspecified atom stereocenters. The molecule has 26 heavy (non-hydrogen) atoms. The van der Waals surface area contributed by atoms with Gasteiger partial charge in [0, 0.05) is 12.0 Å². The second kappa shape index (κ2) is 8.38. The Morgan fingerprint density at radius 3 is 2.38 bits per heavy atom. The van der Waals surface area contributed by atoms with Crippen molar-refractivity contribution in [3.05, 3.63) is 53.6 Å². The third-order valence-corrected chi connectivity index (χ3v) is 3.80. The molecule has 1 aliphatic heterocycles. The smallest absolute Gasteiger partial charge is 0.338 e. The maximum atomic E-state index is 12.3. The van der Waals surface area contributed by atoms with E-state index in [-0.39, 0.29) is 12.4 Å². The zero-order valence-corrected chi connectivity index (χ0v) is 14.5. The summed E-state index contributed by atoms with van der Waals surface area (Å²) in [5.74, 6) is 0.958. The number of rotatable bonds is 6. The molecule has 1 heterocycles. The molecule has 136 valence electrons. The van der Waals surface area contributed by atoms with E-state index in [1.807, 2.05) is 6.92 Å². The van der Waals surface area contributed by atoms with Gasteiger partial charge in [0.2, 0.25) is 0 Å². The zero-order chi connectivity index (χ0) is 18.4. The molecule has 0 bridgehead atoms. The van der Waals surface area contributed by atoms with Crippen molar-refractivity contribution in [3.8, 4) is 17.2 Å². The summed E-state index contributed by atoms with van der Waals surface area (Å²) in [5, 5.41) is 0. The molecular formula is C20H20O6. The van der Waals surface area contributed by atoms with Crippen LogP contribution in [0.2, 0.25) is 0 Å². The van der Waals surface area contributed by atoms with Crippen LogP contribution in [0.3, 0.4) is 0 Å². The molecule has 0 atom stereocenters. The lowest BCUT2D eigenvalue weighted by Crippen LogP contribution is -2.14. The molecule has 1 aliphatic rings. The van der Waals surface area contributed by atoms with Crippen molar-refractivity contribution in [3.63, 3.8) is 0 Å². The van der Waals surface area contributed by atoms with Crippen LogP contribution in [0.4, 0.5) is 0 Å². The minimum Gasteiger partial charge on any atom is -0.494 e. The van der Waals surface area contributed by atoms with Gasteiger partial charge in [-0.25, -0.2) is 4.79 Å². The number of benzene rings is 2. The second-order valence-electron chi connectivity index (χ2n) is 5.67. The first-order valence-electron chi connectivity index (χ1n) is 8.50. The quantitative estimate of drug-likeness (QED) is 0.584. The Kier molecular flexibility index (Phi) is 5.73. The molecule has 0 amide bonds. The lowest BCUT2D eigenvalue weighted by Gasteiger charge is -2.09. The average molecular weight is 356 g/mol. The number of hydrogen-bond acceptors (Lipinski definition) is 6. The van der Waals surface area contributed by atoms with Crippen LogP contribution < -0.4 is 14.2 Å². The molecule has 3 rings (SSSR count). The molecule has 6 heteroatoms. The Balaban J connectivity index is 1.59. The van der Waals surface area contributed by atoms with E-state index in [9.17, 15) is 9.59 Å². The van der Waals surface area contributed by atoms with Crippen molar-refractivity contribution < 1.29 is 28.5 Å². The van der Waals surface area contributed by atoms with Crippen LogP contribution in [0.25, 0.3) is 0 Å². The van der Waals surface area contributed by atoms with Crippen LogP contribution in [0.5, 0.6) is 17.2 Å². The third kappa shape index (κ3) is 4.33. The van der Waals surface area contributed by atoms with Crippen molar-refractivity contribution in [1.82, 2.24) is 0 Å². The van der Waals surface area contributed by atoms with Gasteiger partial charge in [0.25, 0.3) is 0 Å². The normalized spacial score (nSPS) is 12.8. The lowest BCUT2D eigenvalue weighted by atomic mass is 10.1. The molecular weight excluding hydrogens is 336 g/mol. The molecule has 0 aliphatic carbocycles. The SMILES string of the molecule is CCOc1ccc(C(=O)OCC(=O)c2ccc3c(c2)OCCCO3)cc1. The monoisotopic (exact) mass is 356 g/mol. The molecule has 0 aromatic heterocycles. The fourth-order valence-corrected chi connectivity index (χ4v) is 2.49. The summed E-state index contributed by atoms with van der Waals surface area (Å²) < 4.78 is 21.5. The minimum atomic E-state index is -0.559. The highest BCUT2D eigenvalue weighted by atomic mass is 16.5. The fourth-order valence-electron chi connectivity index (χ4n) is 2.49. The van der Waals surface area contributed by atoms with Gasteiger partial charge in [-0.15, -0.1) is 0 Å². The first-order valence-corrected chi connectivity index (χ1v) is 8.50. The average Bonchev–Trinajstić information content (AvgIpc) is 2.91. The summed E-state index contributed by atoms with van der Waals surface area (Å²) in [6.45, 7) is 3.21. The van der Waals surface area contributed by atoms with Crippen LogP contribution in [0.15, 0.2) is 42.5 Å². The third-order valence-electron chi connectivity index (χ3n) is 3.80. The van der Waals surface area contributed by atoms with Crippen LogP contribution in [0.1, 0.15) is 34.1 Å². The van der Waals surface area contributed by atoms with Crippen LogP contribution in [0, 0.1) is 0 Å². The molecule has 2 aromatic rings. The maximum Gasteiger partial charge on any atom is 0.338 e. The van der Waals surface area contributed by atoms with Crippen molar-refractivity contribution in [2.75, 3.05) is 26.4 Å².